The Morgan fingerprint density at radius 1 is 0.729 bits per heavy atom. The van der Waals surface area contributed by atoms with Crippen molar-refractivity contribution in [1.29, 1.82) is 0 Å². The number of carbonyl (C=O) groups excluding carboxylic acids is 2. The largest absolute Gasteiger partial charge is 0.462 e. The molecule has 9 N–H and O–H groups in total. The van der Waals surface area contributed by atoms with Crippen molar-refractivity contribution >= 4 is 32.7 Å². The van der Waals surface area contributed by atoms with E-state index in [9.17, 15) is 71.3 Å². The van der Waals surface area contributed by atoms with Crippen LogP contribution in [0.25, 0.3) is 0 Å². The van der Waals surface area contributed by atoms with Gasteiger partial charge in [-0.2, -0.15) is 16.8 Å². The molecule has 9 aliphatic rings. The highest BCUT2D eigenvalue weighted by molar-refractivity contribution is 7.81. The van der Waals surface area contributed by atoms with Crippen molar-refractivity contribution < 1.29 is 132 Å². The fraction of sp³-hybridized carbons (Fsp3) is 0.891. The van der Waals surface area contributed by atoms with Gasteiger partial charge < -0.3 is 87.9 Å². The molecule has 28 nitrogen and oxygen atoms in total. The van der Waals surface area contributed by atoms with Crippen LogP contribution in [0.5, 0.6) is 0 Å². The Bertz CT molecular complexity index is 2730. The number of rotatable bonds is 18. The van der Waals surface area contributed by atoms with Crippen molar-refractivity contribution in [2.45, 2.75) is 242 Å². The molecule has 9 rings (SSSR count). The van der Waals surface area contributed by atoms with E-state index in [0.717, 1.165) is 11.1 Å². The zero-order valence-corrected chi connectivity index (χ0v) is 50.9. The molecule has 0 bridgehead atoms. The van der Waals surface area contributed by atoms with Crippen LogP contribution in [0.4, 0.5) is 0 Å². The molecule has 4 aliphatic carbocycles. The summed E-state index contributed by atoms with van der Waals surface area (Å²) < 4.78 is 144. The van der Waals surface area contributed by atoms with Gasteiger partial charge in [0.25, 0.3) is 0 Å². The second kappa shape index (κ2) is 24.6. The monoisotopic (exact) mass is 1260 g/mol. The molecule has 1 unspecified atom stereocenters. The van der Waals surface area contributed by atoms with Crippen molar-refractivity contribution in [1.82, 2.24) is 0 Å². The minimum atomic E-state index is -5.54. The van der Waals surface area contributed by atoms with Crippen LogP contribution in [-0.4, -0.2) is 229 Å². The third-order valence-corrected chi connectivity index (χ3v) is 21.3. The van der Waals surface area contributed by atoms with Crippen LogP contribution in [0.1, 0.15) is 114 Å². The molecular formula is C55H86O28S2. The first-order chi connectivity index (χ1) is 39.5. The number of hydrogen-bond donors (Lipinski definition) is 9. The average molecular weight is 1260 g/mol. The van der Waals surface area contributed by atoms with E-state index in [1.807, 2.05) is 34.6 Å². The van der Waals surface area contributed by atoms with Crippen molar-refractivity contribution in [3.8, 4) is 0 Å². The maximum absolute atomic E-state index is 14.7. The lowest BCUT2D eigenvalue weighted by molar-refractivity contribution is -0.380. The second-order valence-electron chi connectivity index (χ2n) is 26.1. The molecule has 486 valence electrons. The summed E-state index contributed by atoms with van der Waals surface area (Å²) in [7, 11) is -9.63. The predicted octanol–water partition coefficient (Wildman–Crippen LogP) is 0.447. The van der Waals surface area contributed by atoms with E-state index in [0.29, 0.717) is 51.4 Å². The zero-order valence-electron chi connectivity index (χ0n) is 49.3. The van der Waals surface area contributed by atoms with Crippen LogP contribution < -0.4 is 0 Å². The number of aliphatic hydroxyl groups is 7. The molecule has 1 spiro atoms. The Morgan fingerprint density at radius 3 is 2.01 bits per heavy atom. The summed E-state index contributed by atoms with van der Waals surface area (Å²) in [5.74, 6) is -1.21. The van der Waals surface area contributed by atoms with Gasteiger partial charge in [0, 0.05) is 19.4 Å². The highest BCUT2D eigenvalue weighted by Gasteiger charge is 2.79. The average Bonchev–Trinajstić information content (AvgIpc) is 1.54. The summed E-state index contributed by atoms with van der Waals surface area (Å²) in [6.07, 6.45) is -24.6. The number of carbonyl (C=O) groups is 2. The number of aliphatic hydroxyl groups excluding tert-OH is 7. The number of methoxy groups -OCH3 is 1. The number of allylic oxidation sites excluding steroid dienone is 4. The SMILES string of the molecule is CO[C@@H]1[C@@H](O)[C@H](O[C@@H]2[C@@H](O)[C@H](O[C@H]3[C@H](O)[C@@H](OS(=O)(=O)O)[C@H](O[C@H]4[C@H](O[C@H]5CC[C@@]6(C)C(CC=C7[C@H]6CC[C@]68C(=O)O[C@@](C)(CCC=C(C)C)[C@H]6[C@@H](OC(C)=O)C[C@@]78C)C5(C)C)OC[C@@H](OS(=O)(=O)O)[C@@H]4O)O[C@@H]3C)OC[C@H]2O)O[C@H](CO)[C@H]1O. The van der Waals surface area contributed by atoms with Gasteiger partial charge in [0.05, 0.1) is 43.4 Å². The van der Waals surface area contributed by atoms with E-state index < -0.39 is 191 Å². The van der Waals surface area contributed by atoms with Crippen LogP contribution in [0.3, 0.4) is 0 Å². The first-order valence-corrected chi connectivity index (χ1v) is 31.7. The normalized spacial score (nSPS) is 48.0. The minimum Gasteiger partial charge on any atom is -0.462 e. The van der Waals surface area contributed by atoms with Crippen LogP contribution in [0, 0.1) is 39.4 Å². The van der Waals surface area contributed by atoms with Gasteiger partial charge in [-0.1, -0.05) is 51.0 Å². The molecule has 0 amide bonds. The van der Waals surface area contributed by atoms with Crippen molar-refractivity contribution in [3.63, 3.8) is 0 Å². The highest BCUT2D eigenvalue weighted by Crippen LogP contribution is 2.77. The molecule has 5 saturated heterocycles. The van der Waals surface area contributed by atoms with Gasteiger partial charge >= 0.3 is 32.7 Å². The molecule has 3 saturated carbocycles. The van der Waals surface area contributed by atoms with E-state index in [2.05, 4.69) is 26.0 Å². The maximum Gasteiger partial charge on any atom is 0.397 e. The molecule has 5 aliphatic heterocycles. The number of hydrogen-bond acceptors (Lipinski definition) is 26. The highest BCUT2D eigenvalue weighted by atomic mass is 32.3. The molecule has 0 aromatic rings. The second-order valence-corrected chi connectivity index (χ2v) is 28.2. The molecule has 30 heteroatoms. The molecule has 8 fully saturated rings. The Balaban J connectivity index is 0.947. The molecule has 0 aromatic heterocycles. The smallest absolute Gasteiger partial charge is 0.397 e. The number of ether oxygens (including phenoxy) is 11. The lowest BCUT2D eigenvalue weighted by Gasteiger charge is -2.64. The summed E-state index contributed by atoms with van der Waals surface area (Å²) >= 11 is 0. The van der Waals surface area contributed by atoms with Gasteiger partial charge in [-0.25, -0.2) is 8.37 Å². The lowest BCUT2D eigenvalue weighted by Crippen LogP contribution is -2.66. The van der Waals surface area contributed by atoms with Crippen molar-refractivity contribution in [2.75, 3.05) is 26.9 Å². The molecule has 0 aromatic carbocycles. The van der Waals surface area contributed by atoms with Crippen LogP contribution in [0.2, 0.25) is 0 Å². The van der Waals surface area contributed by atoms with E-state index in [-0.39, 0.29) is 29.1 Å². The molecular weight excluding hydrogens is 1170 g/mol. The van der Waals surface area contributed by atoms with Gasteiger partial charge in [-0.15, -0.1) is 0 Å². The summed E-state index contributed by atoms with van der Waals surface area (Å²) in [5.41, 5.74) is -1.39. The Labute approximate surface area is 494 Å². The van der Waals surface area contributed by atoms with E-state index in [4.69, 9.17) is 60.5 Å². The summed E-state index contributed by atoms with van der Waals surface area (Å²) in [6, 6.07) is 0. The Hall–Kier alpha value is -2.48. The number of fused-ring (bicyclic) bond motifs is 4. The van der Waals surface area contributed by atoms with Gasteiger partial charge in [0.2, 0.25) is 0 Å². The third-order valence-electron chi connectivity index (χ3n) is 20.4. The number of esters is 2. The van der Waals surface area contributed by atoms with Crippen LogP contribution in [-0.2, 0) is 90.9 Å². The summed E-state index contributed by atoms with van der Waals surface area (Å²) in [5, 5.41) is 77.4. The first kappa shape index (κ1) is 66.9. The fourth-order valence-corrected chi connectivity index (χ4v) is 17.5. The minimum absolute atomic E-state index is 0.0178. The quantitative estimate of drug-likeness (QED) is 0.0511. The van der Waals surface area contributed by atoms with Crippen LogP contribution in [0.15, 0.2) is 23.3 Å². The van der Waals surface area contributed by atoms with Gasteiger partial charge in [0.1, 0.15) is 85.0 Å². The molecule has 85 heavy (non-hydrogen) atoms. The van der Waals surface area contributed by atoms with E-state index >= 15 is 0 Å². The van der Waals surface area contributed by atoms with Gasteiger partial charge in [0.15, 0.2) is 31.3 Å². The summed E-state index contributed by atoms with van der Waals surface area (Å²) in [4.78, 5) is 27.5. The van der Waals surface area contributed by atoms with Crippen LogP contribution >= 0.6 is 0 Å². The topological polar surface area (TPSA) is 404 Å². The Morgan fingerprint density at radius 2 is 1.38 bits per heavy atom. The number of cyclic esters (lactones) is 1. The van der Waals surface area contributed by atoms with Crippen molar-refractivity contribution in [3.05, 3.63) is 23.3 Å². The standard InChI is InChI=1S/C55H86O28S2/c1-24(2)12-11-17-54(9)45-30(75-26(4)57)20-53(8)28-13-14-33-51(5,6)34(16-18-52(33,7)27(28)15-19-55(45,53)50(64)81-54)77-48-43(36(60)32(23-73-48)82-84(65,66)67)80-49-44(83-85(68,69)70)37(61)40(25(3)74-49)78-46-38(62)41(29(58)22-72-46)79-47-39(63)42(71-10)35(59)31(21-56)76-47/h12-13,25,27,29-49,56,58-63H,11,14-23H2,1-10H3,(H,65,66,67)(H,68,69,70)/t25-,27-,29-,30+,31-,32-,33?,34+,35-,36+,37+,38-,39-,40-,41+,42+,43-,44-,45-,46+,47+,48+,49+,52-,53+,54+,55-/m1/s1. The van der Waals surface area contributed by atoms with E-state index in [1.54, 1.807) is 0 Å². The molecule has 27 atom stereocenters. The van der Waals surface area contributed by atoms with Crippen molar-refractivity contribution in [2.24, 2.45) is 39.4 Å². The Kier molecular flexibility index (Phi) is 19.4. The summed E-state index contributed by atoms with van der Waals surface area (Å²) in [6.45, 7) is 15.1. The predicted molar refractivity (Wildman–Crippen MR) is 286 cm³/mol. The van der Waals surface area contributed by atoms with Gasteiger partial charge in [-0.05, 0) is 102 Å². The van der Waals surface area contributed by atoms with E-state index in [1.165, 1.54) is 21.0 Å². The fourth-order valence-electron chi connectivity index (χ4n) is 16.5. The maximum atomic E-state index is 14.7. The third kappa shape index (κ3) is 12.3. The molecule has 5 heterocycles. The zero-order chi connectivity index (χ0) is 62.5. The lowest BCUT2D eigenvalue weighted by atomic mass is 9.41. The molecule has 0 radical (unpaired) electrons. The van der Waals surface area contributed by atoms with Gasteiger partial charge in [-0.3, -0.25) is 18.7 Å². The first-order valence-electron chi connectivity index (χ1n) is 29.0.